The normalized spacial score (nSPS) is 21.6. The first-order valence-electron chi connectivity index (χ1n) is 7.93. The van der Waals surface area contributed by atoms with Crippen LogP contribution in [0.2, 0.25) is 0 Å². The summed E-state index contributed by atoms with van der Waals surface area (Å²) >= 11 is 0. The Bertz CT molecular complexity index is 655. The first-order valence-corrected chi connectivity index (χ1v) is 7.93. The number of aliphatic hydroxyl groups is 1. The Morgan fingerprint density at radius 3 is 2.38 bits per heavy atom. The Hall–Kier alpha value is -1.35. The second-order valence-corrected chi connectivity index (χ2v) is 7.45. The van der Waals surface area contributed by atoms with Crippen molar-refractivity contribution in [1.29, 1.82) is 0 Å². The number of nitrogens with zero attached hydrogens (tertiary/aromatic N) is 2. The molecule has 3 rings (SSSR count). The predicted octanol–water partition coefficient (Wildman–Crippen LogP) is 3.64. The molecule has 0 radical (unpaired) electrons. The standard InChI is InChI=1S/C18H26N2O/c1-6-20-13-10-8-7-9-12(13)19-15(20)11-14(21)16-17(2,3)18(16,4)5/h7-10,14,16,21H,6,11H2,1-5H3. The van der Waals surface area contributed by atoms with E-state index in [0.717, 1.165) is 23.4 Å². The zero-order valence-corrected chi connectivity index (χ0v) is 13.7. The molecular formula is C18H26N2O. The van der Waals surface area contributed by atoms with Gasteiger partial charge in [0.2, 0.25) is 0 Å². The number of aliphatic hydroxyl groups excluding tert-OH is 1. The van der Waals surface area contributed by atoms with E-state index in [4.69, 9.17) is 4.98 Å². The molecule has 1 N–H and O–H groups in total. The molecule has 21 heavy (non-hydrogen) atoms. The van der Waals surface area contributed by atoms with Gasteiger partial charge in [-0.05, 0) is 35.8 Å². The van der Waals surface area contributed by atoms with Crippen LogP contribution in [-0.4, -0.2) is 20.8 Å². The van der Waals surface area contributed by atoms with Crippen LogP contribution >= 0.6 is 0 Å². The van der Waals surface area contributed by atoms with Crippen molar-refractivity contribution in [2.24, 2.45) is 16.7 Å². The van der Waals surface area contributed by atoms with Gasteiger partial charge >= 0.3 is 0 Å². The molecule has 1 aliphatic carbocycles. The van der Waals surface area contributed by atoms with Gasteiger partial charge in [0.25, 0.3) is 0 Å². The van der Waals surface area contributed by atoms with Gasteiger partial charge in [0, 0.05) is 13.0 Å². The van der Waals surface area contributed by atoms with Crippen molar-refractivity contribution in [3.8, 4) is 0 Å². The summed E-state index contributed by atoms with van der Waals surface area (Å²) in [7, 11) is 0. The van der Waals surface area contributed by atoms with Crippen LogP contribution in [0.1, 0.15) is 40.4 Å². The quantitative estimate of drug-likeness (QED) is 0.931. The fourth-order valence-electron chi connectivity index (χ4n) is 4.15. The van der Waals surface area contributed by atoms with Crippen molar-refractivity contribution in [3.63, 3.8) is 0 Å². The summed E-state index contributed by atoms with van der Waals surface area (Å²) in [5.41, 5.74) is 2.60. The highest BCUT2D eigenvalue weighted by Crippen LogP contribution is 2.69. The van der Waals surface area contributed by atoms with Crippen LogP contribution in [-0.2, 0) is 13.0 Å². The third kappa shape index (κ3) is 2.02. The summed E-state index contributed by atoms with van der Waals surface area (Å²) in [5.74, 6) is 1.35. The molecule has 3 nitrogen and oxygen atoms in total. The molecule has 0 aliphatic heterocycles. The Morgan fingerprint density at radius 2 is 1.81 bits per heavy atom. The number of benzene rings is 1. The largest absolute Gasteiger partial charge is 0.392 e. The van der Waals surface area contributed by atoms with E-state index in [2.05, 4.69) is 45.3 Å². The second-order valence-electron chi connectivity index (χ2n) is 7.45. The Kier molecular flexibility index (Phi) is 3.17. The zero-order chi connectivity index (χ0) is 15.4. The highest BCUT2D eigenvalue weighted by atomic mass is 16.3. The van der Waals surface area contributed by atoms with E-state index >= 15 is 0 Å². The van der Waals surface area contributed by atoms with Crippen molar-refractivity contribution >= 4 is 11.0 Å². The maximum Gasteiger partial charge on any atom is 0.112 e. The third-order valence-corrected chi connectivity index (χ3v) is 5.96. The molecule has 0 amide bonds. The number of rotatable bonds is 4. The molecule has 114 valence electrons. The molecule has 1 heterocycles. The van der Waals surface area contributed by atoms with Gasteiger partial charge in [0.15, 0.2) is 0 Å². The fraction of sp³-hybridized carbons (Fsp3) is 0.611. The highest BCUT2D eigenvalue weighted by molar-refractivity contribution is 5.75. The Balaban J connectivity index is 1.89. The first-order chi connectivity index (χ1) is 9.80. The average molecular weight is 286 g/mol. The Morgan fingerprint density at radius 1 is 1.19 bits per heavy atom. The van der Waals surface area contributed by atoms with Gasteiger partial charge in [-0.2, -0.15) is 0 Å². The summed E-state index contributed by atoms with van der Waals surface area (Å²) in [4.78, 5) is 4.73. The summed E-state index contributed by atoms with van der Waals surface area (Å²) < 4.78 is 2.22. The highest BCUT2D eigenvalue weighted by Gasteiger charge is 2.67. The smallest absolute Gasteiger partial charge is 0.112 e. The van der Waals surface area contributed by atoms with Crippen LogP contribution < -0.4 is 0 Å². The van der Waals surface area contributed by atoms with E-state index in [1.165, 1.54) is 0 Å². The number of fused-ring (bicyclic) bond motifs is 1. The predicted molar refractivity (Wildman–Crippen MR) is 86.2 cm³/mol. The molecule has 1 fully saturated rings. The SMILES string of the molecule is CCn1c(CC(O)C2C(C)(C)C2(C)C)nc2ccccc21. The number of aryl methyl sites for hydroxylation is 1. The van der Waals surface area contributed by atoms with Gasteiger partial charge in [-0.15, -0.1) is 0 Å². The van der Waals surface area contributed by atoms with E-state index in [1.807, 2.05) is 18.2 Å². The zero-order valence-electron chi connectivity index (χ0n) is 13.7. The molecule has 1 aromatic carbocycles. The van der Waals surface area contributed by atoms with Crippen LogP contribution in [0.15, 0.2) is 24.3 Å². The summed E-state index contributed by atoms with van der Waals surface area (Å²) in [6, 6.07) is 8.21. The molecule has 2 aromatic rings. The minimum absolute atomic E-state index is 0.204. The van der Waals surface area contributed by atoms with Gasteiger partial charge in [0.1, 0.15) is 5.82 Å². The molecule has 1 aromatic heterocycles. The molecule has 1 aliphatic rings. The first kappa shape index (κ1) is 14.6. The van der Waals surface area contributed by atoms with Crippen molar-refractivity contribution < 1.29 is 5.11 Å². The Labute approximate surface area is 127 Å². The lowest BCUT2D eigenvalue weighted by atomic mass is 10.0. The van der Waals surface area contributed by atoms with Gasteiger partial charge in [0.05, 0.1) is 17.1 Å². The monoisotopic (exact) mass is 286 g/mol. The van der Waals surface area contributed by atoms with E-state index in [9.17, 15) is 5.11 Å². The van der Waals surface area contributed by atoms with Crippen LogP contribution in [0.5, 0.6) is 0 Å². The number of aromatic nitrogens is 2. The lowest BCUT2D eigenvalue weighted by Gasteiger charge is -2.13. The minimum Gasteiger partial charge on any atom is -0.392 e. The van der Waals surface area contributed by atoms with Crippen molar-refractivity contribution in [3.05, 3.63) is 30.1 Å². The van der Waals surface area contributed by atoms with E-state index in [0.29, 0.717) is 12.3 Å². The molecule has 0 spiro atoms. The average Bonchev–Trinajstić information content (AvgIpc) is 2.69. The molecule has 0 bridgehead atoms. The second kappa shape index (κ2) is 4.57. The van der Waals surface area contributed by atoms with Crippen LogP contribution in [0.25, 0.3) is 11.0 Å². The number of hydrogen-bond donors (Lipinski definition) is 1. The molecule has 1 unspecified atom stereocenters. The lowest BCUT2D eigenvalue weighted by molar-refractivity contribution is 0.126. The van der Waals surface area contributed by atoms with Gasteiger partial charge in [-0.1, -0.05) is 39.8 Å². The molecule has 1 saturated carbocycles. The topological polar surface area (TPSA) is 38.0 Å². The number of hydrogen-bond acceptors (Lipinski definition) is 2. The van der Waals surface area contributed by atoms with Gasteiger partial charge < -0.3 is 9.67 Å². The van der Waals surface area contributed by atoms with Crippen molar-refractivity contribution in [1.82, 2.24) is 9.55 Å². The molecule has 1 atom stereocenters. The van der Waals surface area contributed by atoms with Crippen LogP contribution in [0, 0.1) is 16.7 Å². The third-order valence-electron chi connectivity index (χ3n) is 5.96. The molecule has 3 heteroatoms. The summed E-state index contributed by atoms with van der Waals surface area (Å²) in [6.45, 7) is 12.0. The van der Waals surface area contributed by atoms with Crippen LogP contribution in [0.4, 0.5) is 0 Å². The van der Waals surface area contributed by atoms with Gasteiger partial charge in [-0.3, -0.25) is 0 Å². The summed E-state index contributed by atoms with van der Waals surface area (Å²) in [6.07, 6.45) is 0.317. The lowest BCUT2D eigenvalue weighted by Crippen LogP contribution is -2.20. The van der Waals surface area contributed by atoms with E-state index in [-0.39, 0.29) is 16.9 Å². The minimum atomic E-state index is -0.322. The van der Waals surface area contributed by atoms with Gasteiger partial charge in [-0.25, -0.2) is 4.98 Å². The number of imidazole rings is 1. The molecular weight excluding hydrogens is 260 g/mol. The number of para-hydroxylation sites is 2. The maximum atomic E-state index is 10.7. The van der Waals surface area contributed by atoms with Crippen molar-refractivity contribution in [2.75, 3.05) is 0 Å². The maximum absolute atomic E-state index is 10.7. The molecule has 0 saturated heterocycles. The van der Waals surface area contributed by atoms with Crippen LogP contribution in [0.3, 0.4) is 0 Å². The fourth-order valence-corrected chi connectivity index (χ4v) is 4.15. The van der Waals surface area contributed by atoms with E-state index in [1.54, 1.807) is 0 Å². The van der Waals surface area contributed by atoms with E-state index < -0.39 is 0 Å². The summed E-state index contributed by atoms with van der Waals surface area (Å²) in [5, 5.41) is 10.7. The van der Waals surface area contributed by atoms with Crippen molar-refractivity contribution in [2.45, 2.75) is 53.7 Å².